The lowest BCUT2D eigenvalue weighted by molar-refractivity contribution is 0.0944. The Morgan fingerprint density at radius 3 is 2.56 bits per heavy atom. The van der Waals surface area contributed by atoms with E-state index in [4.69, 9.17) is 0 Å². The molecule has 1 rings (SSSR count). The van der Waals surface area contributed by atoms with E-state index in [0.29, 0.717) is 6.54 Å². The Morgan fingerprint density at radius 2 is 1.94 bits per heavy atom. The first-order valence-electron chi connectivity index (χ1n) is 5.84. The Hall–Kier alpha value is -1.49. The number of aryl methyl sites for hydroxylation is 1. The van der Waals surface area contributed by atoms with Gasteiger partial charge in [-0.05, 0) is 38.1 Å². The zero-order valence-electron chi connectivity index (χ0n) is 10.8. The second-order valence-electron chi connectivity index (χ2n) is 4.45. The number of amides is 1. The van der Waals surface area contributed by atoms with E-state index in [-0.39, 0.29) is 17.0 Å². The molecule has 5 heteroatoms. The Bertz CT molecular complexity index is 435. The molecule has 1 aromatic carbocycles. The van der Waals surface area contributed by atoms with Crippen LogP contribution in [0, 0.1) is 24.5 Å². The summed E-state index contributed by atoms with van der Waals surface area (Å²) in [6.45, 7) is 4.65. The monoisotopic (exact) mass is 256 g/mol. The summed E-state index contributed by atoms with van der Waals surface area (Å²) in [4.78, 5) is 11.7. The number of hydrogen-bond acceptors (Lipinski definition) is 2. The highest BCUT2D eigenvalue weighted by Crippen LogP contribution is 2.14. The molecule has 1 unspecified atom stereocenters. The maximum atomic E-state index is 13.4. The van der Waals surface area contributed by atoms with Crippen molar-refractivity contribution in [1.82, 2.24) is 10.6 Å². The van der Waals surface area contributed by atoms with Crippen molar-refractivity contribution in [3.05, 3.63) is 34.9 Å². The number of carbonyl (C=O) groups excluding carboxylic acids is 1. The Kier molecular flexibility index (Phi) is 5.22. The molecule has 0 aliphatic rings. The smallest absolute Gasteiger partial charge is 0.254 e. The summed E-state index contributed by atoms with van der Waals surface area (Å²) in [6, 6.07) is 1.96. The molecule has 3 nitrogen and oxygen atoms in total. The third kappa shape index (κ3) is 3.77. The van der Waals surface area contributed by atoms with E-state index in [0.717, 1.165) is 12.6 Å². The quantitative estimate of drug-likeness (QED) is 0.844. The largest absolute Gasteiger partial charge is 0.352 e. The molecular weight excluding hydrogens is 238 g/mol. The number of nitrogens with one attached hydrogen (secondary N) is 2. The van der Waals surface area contributed by atoms with E-state index >= 15 is 0 Å². The van der Waals surface area contributed by atoms with Crippen molar-refractivity contribution in [3.8, 4) is 0 Å². The summed E-state index contributed by atoms with van der Waals surface area (Å²) < 4.78 is 26.5. The van der Waals surface area contributed by atoms with Crippen LogP contribution in [0.25, 0.3) is 0 Å². The van der Waals surface area contributed by atoms with Crippen molar-refractivity contribution < 1.29 is 13.6 Å². The van der Waals surface area contributed by atoms with Crippen molar-refractivity contribution in [3.63, 3.8) is 0 Å². The van der Waals surface area contributed by atoms with Gasteiger partial charge in [0.25, 0.3) is 5.91 Å². The minimum atomic E-state index is -0.836. The van der Waals surface area contributed by atoms with Crippen LogP contribution in [-0.2, 0) is 0 Å². The van der Waals surface area contributed by atoms with E-state index in [1.54, 1.807) is 0 Å². The summed E-state index contributed by atoms with van der Waals surface area (Å²) in [5.74, 6) is -1.76. The molecule has 1 atom stereocenters. The Labute approximate surface area is 106 Å². The van der Waals surface area contributed by atoms with E-state index < -0.39 is 17.5 Å². The third-order valence-corrected chi connectivity index (χ3v) is 2.66. The van der Waals surface area contributed by atoms with Gasteiger partial charge in [-0.25, -0.2) is 8.78 Å². The molecule has 0 heterocycles. The van der Waals surface area contributed by atoms with Crippen molar-refractivity contribution in [2.24, 2.45) is 5.92 Å². The number of rotatable bonds is 5. The SMILES string of the molecule is CNCC(C)CNC(=O)c1cc(C)c(F)cc1F. The molecule has 0 saturated heterocycles. The lowest BCUT2D eigenvalue weighted by Gasteiger charge is -2.12. The van der Waals surface area contributed by atoms with Gasteiger partial charge in [-0.3, -0.25) is 4.79 Å². The number of hydrogen-bond donors (Lipinski definition) is 2. The summed E-state index contributed by atoms with van der Waals surface area (Å²) in [7, 11) is 1.82. The highest BCUT2D eigenvalue weighted by molar-refractivity contribution is 5.94. The summed E-state index contributed by atoms with van der Waals surface area (Å²) in [5, 5.41) is 5.61. The van der Waals surface area contributed by atoms with E-state index in [9.17, 15) is 13.6 Å². The fraction of sp³-hybridized carbons (Fsp3) is 0.462. The lowest BCUT2D eigenvalue weighted by atomic mass is 10.1. The fourth-order valence-corrected chi connectivity index (χ4v) is 1.61. The van der Waals surface area contributed by atoms with Gasteiger partial charge in [-0.15, -0.1) is 0 Å². The van der Waals surface area contributed by atoms with Crippen LogP contribution < -0.4 is 10.6 Å². The van der Waals surface area contributed by atoms with Crippen molar-refractivity contribution in [1.29, 1.82) is 0 Å². The van der Waals surface area contributed by atoms with Crippen LogP contribution in [-0.4, -0.2) is 26.0 Å². The predicted octanol–water partition coefficient (Wildman–Crippen LogP) is 1.86. The van der Waals surface area contributed by atoms with Crippen LogP contribution >= 0.6 is 0 Å². The third-order valence-electron chi connectivity index (χ3n) is 2.66. The molecule has 0 bridgehead atoms. The molecule has 0 spiro atoms. The lowest BCUT2D eigenvalue weighted by Crippen LogP contribution is -2.32. The minimum Gasteiger partial charge on any atom is -0.352 e. The van der Waals surface area contributed by atoms with Gasteiger partial charge in [0.1, 0.15) is 11.6 Å². The summed E-state index contributed by atoms with van der Waals surface area (Å²) in [6.07, 6.45) is 0. The highest BCUT2D eigenvalue weighted by atomic mass is 19.1. The van der Waals surface area contributed by atoms with Gasteiger partial charge >= 0.3 is 0 Å². The first-order chi connectivity index (χ1) is 8.45. The van der Waals surface area contributed by atoms with Gasteiger partial charge < -0.3 is 10.6 Å². The molecule has 1 amide bonds. The molecule has 0 aliphatic heterocycles. The van der Waals surface area contributed by atoms with Crippen LogP contribution in [0.3, 0.4) is 0 Å². The van der Waals surface area contributed by atoms with Crippen LogP contribution in [0.4, 0.5) is 8.78 Å². The maximum absolute atomic E-state index is 13.4. The van der Waals surface area contributed by atoms with Crippen LogP contribution in [0.2, 0.25) is 0 Å². The number of benzene rings is 1. The standard InChI is InChI=1S/C13H18F2N2O/c1-8(6-16-3)7-17-13(18)10-4-9(2)11(14)5-12(10)15/h4-5,8,16H,6-7H2,1-3H3,(H,17,18). The minimum absolute atomic E-state index is 0.120. The zero-order valence-corrected chi connectivity index (χ0v) is 10.8. The van der Waals surface area contributed by atoms with Crippen LogP contribution in [0.5, 0.6) is 0 Å². The highest BCUT2D eigenvalue weighted by Gasteiger charge is 2.14. The molecule has 100 valence electrons. The number of halogens is 2. The number of carbonyl (C=O) groups is 1. The summed E-state index contributed by atoms with van der Waals surface area (Å²) >= 11 is 0. The first-order valence-corrected chi connectivity index (χ1v) is 5.84. The Balaban J connectivity index is 2.70. The molecule has 0 radical (unpaired) electrons. The second kappa shape index (κ2) is 6.44. The first kappa shape index (κ1) is 14.6. The summed E-state index contributed by atoms with van der Waals surface area (Å²) in [5.41, 5.74) is 0.135. The molecule has 0 aromatic heterocycles. The Morgan fingerprint density at radius 1 is 1.28 bits per heavy atom. The van der Waals surface area contributed by atoms with Gasteiger partial charge in [-0.1, -0.05) is 6.92 Å². The molecule has 0 fully saturated rings. The van der Waals surface area contributed by atoms with Crippen molar-refractivity contribution in [2.75, 3.05) is 20.1 Å². The average Bonchev–Trinajstić information content (AvgIpc) is 2.31. The second-order valence-corrected chi connectivity index (χ2v) is 4.45. The van der Waals surface area contributed by atoms with Crippen molar-refractivity contribution in [2.45, 2.75) is 13.8 Å². The van der Waals surface area contributed by atoms with Gasteiger partial charge in [0.05, 0.1) is 5.56 Å². The van der Waals surface area contributed by atoms with Crippen molar-refractivity contribution >= 4 is 5.91 Å². The maximum Gasteiger partial charge on any atom is 0.254 e. The molecule has 1 aromatic rings. The fourth-order valence-electron chi connectivity index (χ4n) is 1.61. The topological polar surface area (TPSA) is 41.1 Å². The van der Waals surface area contributed by atoms with Crippen LogP contribution in [0.1, 0.15) is 22.8 Å². The molecule has 0 aliphatic carbocycles. The van der Waals surface area contributed by atoms with Gasteiger partial charge in [0.15, 0.2) is 0 Å². The van der Waals surface area contributed by atoms with Gasteiger partial charge in [0, 0.05) is 12.6 Å². The predicted molar refractivity (Wildman–Crippen MR) is 66.5 cm³/mol. The molecule has 0 saturated carbocycles. The molecular formula is C13H18F2N2O. The van der Waals surface area contributed by atoms with Gasteiger partial charge in [-0.2, -0.15) is 0 Å². The zero-order chi connectivity index (χ0) is 13.7. The van der Waals surface area contributed by atoms with Gasteiger partial charge in [0.2, 0.25) is 0 Å². The van der Waals surface area contributed by atoms with E-state index in [1.807, 2.05) is 14.0 Å². The van der Waals surface area contributed by atoms with E-state index in [1.165, 1.54) is 13.0 Å². The average molecular weight is 256 g/mol. The van der Waals surface area contributed by atoms with E-state index in [2.05, 4.69) is 10.6 Å². The normalized spacial score (nSPS) is 12.3. The molecule has 2 N–H and O–H groups in total. The molecule has 18 heavy (non-hydrogen) atoms. The van der Waals surface area contributed by atoms with Crippen LogP contribution in [0.15, 0.2) is 12.1 Å².